The van der Waals surface area contributed by atoms with Crippen LogP contribution in [0.3, 0.4) is 0 Å². The number of likely N-dealkylation sites (N-methyl/N-ethyl adjacent to an activating group) is 1. The lowest BCUT2D eigenvalue weighted by Crippen LogP contribution is -2.57. The maximum absolute atomic E-state index is 12.6. The van der Waals surface area contributed by atoms with Crippen LogP contribution < -0.4 is 10.1 Å². The zero-order valence-electron chi connectivity index (χ0n) is 15.6. The summed E-state index contributed by atoms with van der Waals surface area (Å²) in [5, 5.41) is 3.50. The van der Waals surface area contributed by atoms with Gasteiger partial charge in [-0.1, -0.05) is 11.6 Å². The minimum atomic E-state index is -0.410. The predicted molar refractivity (Wildman–Crippen MR) is 99.9 cm³/mol. The average Bonchev–Trinajstić information content (AvgIpc) is 3.09. The summed E-state index contributed by atoms with van der Waals surface area (Å²) in [6.07, 6.45) is 3.50. The zero-order chi connectivity index (χ0) is 18.8. The molecule has 26 heavy (non-hydrogen) atoms. The number of carbonyl (C=O) groups excluding carboxylic acids is 1. The molecule has 3 rings (SSSR count). The summed E-state index contributed by atoms with van der Waals surface area (Å²) in [5.74, 6) is 0.0130. The van der Waals surface area contributed by atoms with Crippen molar-refractivity contribution >= 4 is 17.5 Å². The number of carbonyl (C=O) groups is 1. The first-order chi connectivity index (χ1) is 12.4. The van der Waals surface area contributed by atoms with Gasteiger partial charge in [-0.05, 0) is 45.1 Å². The van der Waals surface area contributed by atoms with Crippen molar-refractivity contribution in [1.82, 2.24) is 10.2 Å². The van der Waals surface area contributed by atoms with E-state index < -0.39 is 5.79 Å². The highest BCUT2D eigenvalue weighted by atomic mass is 35.5. The van der Waals surface area contributed by atoms with Crippen LogP contribution in [0.4, 0.5) is 0 Å². The molecule has 0 unspecified atom stereocenters. The fourth-order valence-electron chi connectivity index (χ4n) is 3.82. The molecule has 1 saturated carbocycles. The Labute approximate surface area is 159 Å². The first-order valence-electron chi connectivity index (χ1n) is 8.97. The fourth-order valence-corrected chi connectivity index (χ4v) is 4.08. The van der Waals surface area contributed by atoms with Gasteiger partial charge in [0.2, 0.25) is 0 Å². The number of hydrogen-bond donors (Lipinski definition) is 1. The van der Waals surface area contributed by atoms with E-state index in [4.69, 9.17) is 25.8 Å². The van der Waals surface area contributed by atoms with E-state index in [1.54, 1.807) is 25.3 Å². The normalized spacial score (nSPS) is 21.1. The zero-order valence-corrected chi connectivity index (χ0v) is 16.4. The SMILES string of the molecule is COc1ccc(C(=O)NCC2(N(C)C)CCC3(CC2)OCCO3)cc1Cl. The first-order valence-corrected chi connectivity index (χ1v) is 9.35. The summed E-state index contributed by atoms with van der Waals surface area (Å²) in [5.41, 5.74) is 0.423. The standard InChI is InChI=1S/C19H27ClN2O4/c1-22(2)18(6-8-19(9-7-18)25-10-11-26-19)13-21-17(23)14-4-5-16(24-3)15(20)12-14/h4-5,12H,6-11,13H2,1-3H3,(H,21,23). The number of nitrogens with zero attached hydrogens (tertiary/aromatic N) is 1. The summed E-state index contributed by atoms with van der Waals surface area (Å²) in [4.78, 5) is 14.8. The maximum Gasteiger partial charge on any atom is 0.251 e. The molecule has 1 aliphatic carbocycles. The molecule has 144 valence electrons. The van der Waals surface area contributed by atoms with E-state index in [9.17, 15) is 4.79 Å². The molecule has 1 aromatic rings. The van der Waals surface area contributed by atoms with Crippen LogP contribution in [-0.2, 0) is 9.47 Å². The van der Waals surface area contributed by atoms with Crippen LogP contribution in [0.2, 0.25) is 5.02 Å². The van der Waals surface area contributed by atoms with Gasteiger partial charge in [0.15, 0.2) is 5.79 Å². The van der Waals surface area contributed by atoms with Gasteiger partial charge in [0, 0.05) is 30.5 Å². The van der Waals surface area contributed by atoms with Gasteiger partial charge in [-0.15, -0.1) is 0 Å². The third kappa shape index (κ3) is 3.83. The smallest absolute Gasteiger partial charge is 0.251 e. The van der Waals surface area contributed by atoms with Crippen molar-refractivity contribution in [3.8, 4) is 5.75 Å². The quantitative estimate of drug-likeness (QED) is 0.848. The number of ether oxygens (including phenoxy) is 3. The van der Waals surface area contributed by atoms with Crippen molar-refractivity contribution in [3.05, 3.63) is 28.8 Å². The van der Waals surface area contributed by atoms with Gasteiger partial charge in [0.25, 0.3) is 5.91 Å². The molecule has 0 bridgehead atoms. The first kappa shape index (κ1) is 19.4. The lowest BCUT2D eigenvalue weighted by molar-refractivity contribution is -0.191. The maximum atomic E-state index is 12.6. The van der Waals surface area contributed by atoms with Gasteiger partial charge in [0.1, 0.15) is 5.75 Å². The van der Waals surface area contributed by atoms with Crippen molar-refractivity contribution in [1.29, 1.82) is 0 Å². The number of halogens is 1. The molecule has 1 spiro atoms. The van der Waals surface area contributed by atoms with E-state index in [2.05, 4.69) is 24.3 Å². The summed E-state index contributed by atoms with van der Waals surface area (Å²) in [7, 11) is 5.67. The summed E-state index contributed by atoms with van der Waals surface area (Å²) in [6, 6.07) is 5.06. The second kappa shape index (κ2) is 7.72. The van der Waals surface area contributed by atoms with Crippen LogP contribution in [0, 0.1) is 0 Å². The Morgan fingerprint density at radius 3 is 2.42 bits per heavy atom. The third-order valence-electron chi connectivity index (χ3n) is 5.70. The Balaban J connectivity index is 1.64. The van der Waals surface area contributed by atoms with E-state index >= 15 is 0 Å². The molecule has 1 amide bonds. The van der Waals surface area contributed by atoms with E-state index in [0.717, 1.165) is 25.7 Å². The van der Waals surface area contributed by atoms with Gasteiger partial charge in [-0.25, -0.2) is 0 Å². The Hall–Kier alpha value is -1.34. The molecule has 2 aliphatic rings. The lowest BCUT2D eigenvalue weighted by atomic mass is 9.77. The molecular weight excluding hydrogens is 356 g/mol. The van der Waals surface area contributed by atoms with Crippen molar-refractivity contribution in [2.75, 3.05) is 41.0 Å². The lowest BCUT2D eigenvalue weighted by Gasteiger charge is -2.47. The molecule has 1 heterocycles. The van der Waals surface area contributed by atoms with Crippen LogP contribution in [0.5, 0.6) is 5.75 Å². The number of nitrogens with one attached hydrogen (secondary N) is 1. The summed E-state index contributed by atoms with van der Waals surface area (Å²) in [6.45, 7) is 1.91. The van der Waals surface area contributed by atoms with E-state index in [0.29, 0.717) is 36.1 Å². The van der Waals surface area contributed by atoms with Gasteiger partial charge in [-0.2, -0.15) is 0 Å². The largest absolute Gasteiger partial charge is 0.495 e. The van der Waals surface area contributed by atoms with Crippen molar-refractivity contribution in [3.63, 3.8) is 0 Å². The van der Waals surface area contributed by atoms with Crippen LogP contribution in [0.25, 0.3) is 0 Å². The van der Waals surface area contributed by atoms with Crippen molar-refractivity contribution < 1.29 is 19.0 Å². The molecule has 0 atom stereocenters. The van der Waals surface area contributed by atoms with Crippen molar-refractivity contribution in [2.24, 2.45) is 0 Å². The second-order valence-corrected chi connectivity index (χ2v) is 7.67. The Morgan fingerprint density at radius 1 is 1.23 bits per heavy atom. The summed E-state index contributed by atoms with van der Waals surface area (Å²) >= 11 is 6.13. The van der Waals surface area contributed by atoms with Gasteiger partial charge in [-0.3, -0.25) is 4.79 Å². The predicted octanol–water partition coefficient (Wildman–Crippen LogP) is 2.70. The number of methoxy groups -OCH3 is 1. The third-order valence-corrected chi connectivity index (χ3v) is 5.99. The second-order valence-electron chi connectivity index (χ2n) is 7.26. The van der Waals surface area contributed by atoms with Crippen LogP contribution in [0.1, 0.15) is 36.0 Å². The van der Waals surface area contributed by atoms with Crippen LogP contribution >= 0.6 is 11.6 Å². The molecule has 0 aromatic heterocycles. The topological polar surface area (TPSA) is 60.0 Å². The van der Waals surface area contributed by atoms with Gasteiger partial charge in [0.05, 0.1) is 25.3 Å². The summed E-state index contributed by atoms with van der Waals surface area (Å²) < 4.78 is 16.8. The molecule has 1 aromatic carbocycles. The van der Waals surface area contributed by atoms with Gasteiger partial charge >= 0.3 is 0 Å². The average molecular weight is 383 g/mol. The highest BCUT2D eigenvalue weighted by molar-refractivity contribution is 6.32. The molecule has 1 saturated heterocycles. The minimum absolute atomic E-state index is 0.105. The van der Waals surface area contributed by atoms with E-state index in [-0.39, 0.29) is 11.4 Å². The van der Waals surface area contributed by atoms with Gasteiger partial charge < -0.3 is 24.4 Å². The van der Waals surface area contributed by atoms with E-state index in [1.165, 1.54) is 0 Å². The minimum Gasteiger partial charge on any atom is -0.495 e. The molecule has 1 N–H and O–H groups in total. The van der Waals surface area contributed by atoms with Crippen LogP contribution in [-0.4, -0.2) is 63.1 Å². The van der Waals surface area contributed by atoms with E-state index in [1.807, 2.05) is 0 Å². The highest BCUT2D eigenvalue weighted by Crippen LogP contribution is 2.42. The highest BCUT2D eigenvalue weighted by Gasteiger charge is 2.47. The number of hydrogen-bond acceptors (Lipinski definition) is 5. The van der Waals surface area contributed by atoms with Crippen LogP contribution in [0.15, 0.2) is 18.2 Å². The fraction of sp³-hybridized carbons (Fsp3) is 0.632. The monoisotopic (exact) mass is 382 g/mol. The Bertz CT molecular complexity index is 649. The number of rotatable bonds is 5. The Morgan fingerprint density at radius 2 is 1.88 bits per heavy atom. The molecule has 7 heteroatoms. The van der Waals surface area contributed by atoms with Crippen molar-refractivity contribution in [2.45, 2.75) is 37.0 Å². The molecular formula is C19H27ClN2O4. The number of benzene rings is 1. The Kier molecular flexibility index (Phi) is 5.77. The number of amides is 1. The molecule has 2 fully saturated rings. The molecule has 1 aliphatic heterocycles. The molecule has 6 nitrogen and oxygen atoms in total. The molecule has 0 radical (unpaired) electrons.